The molecule has 1 atom stereocenters. The fourth-order valence-corrected chi connectivity index (χ4v) is 3.76. The van der Waals surface area contributed by atoms with E-state index in [1.54, 1.807) is 42.7 Å². The summed E-state index contributed by atoms with van der Waals surface area (Å²) >= 11 is 0. The molecule has 5 rings (SSSR count). The Kier molecular flexibility index (Phi) is 13.8. The van der Waals surface area contributed by atoms with Crippen LogP contribution >= 0.6 is 8.25 Å². The number of nitro benzene ring substituents is 3. The minimum atomic E-state index is -3.04. The van der Waals surface area contributed by atoms with Crippen molar-refractivity contribution in [3.8, 4) is 0 Å². The van der Waals surface area contributed by atoms with E-state index in [9.17, 15) is 30.3 Å². The van der Waals surface area contributed by atoms with Gasteiger partial charge in [-0.05, 0) is 54.2 Å². The van der Waals surface area contributed by atoms with E-state index in [2.05, 4.69) is 25.2 Å². The summed E-state index contributed by atoms with van der Waals surface area (Å²) in [5.41, 5.74) is 7.29. The maximum absolute atomic E-state index is 10.7. The molecule has 4 N–H and O–H groups in total. The summed E-state index contributed by atoms with van der Waals surface area (Å²) in [6.07, 6.45) is 6.13. The van der Waals surface area contributed by atoms with E-state index in [1.165, 1.54) is 24.3 Å². The number of aryl methyl sites for hydroxylation is 2. The molecule has 45 heavy (non-hydrogen) atoms. The van der Waals surface area contributed by atoms with Crippen LogP contribution in [0.2, 0.25) is 0 Å². The second-order valence-electron chi connectivity index (χ2n) is 8.83. The van der Waals surface area contributed by atoms with Gasteiger partial charge in [-0.1, -0.05) is 19.1 Å². The molecular formula is C27H30N7O10P. The van der Waals surface area contributed by atoms with Gasteiger partial charge in [0.15, 0.2) is 0 Å². The van der Waals surface area contributed by atoms with Gasteiger partial charge in [0.2, 0.25) is 0 Å². The van der Waals surface area contributed by atoms with Gasteiger partial charge in [-0.3, -0.25) is 35.8 Å². The zero-order valence-electron chi connectivity index (χ0n) is 24.1. The summed E-state index contributed by atoms with van der Waals surface area (Å²) in [6.45, 7) is 5.77. The number of non-ortho nitro benzene ring substituents is 3. The number of nitro groups is 3. The van der Waals surface area contributed by atoms with Crippen LogP contribution in [0.25, 0.3) is 21.8 Å². The van der Waals surface area contributed by atoms with E-state index in [0.717, 1.165) is 34.0 Å². The number of aromatic nitrogens is 2. The van der Waals surface area contributed by atoms with Gasteiger partial charge in [-0.25, -0.2) is 5.26 Å². The standard InChI is InChI=1S/C9H11N3O2.2C9H8N2O2.HO4P.H2/c1-2-6-10-11-8-4-3-5-9(7-8)12(13)14;1-6-5-10-9-4-7(11(12)13)2-3-8(6)9;1-6-5-10-7-3-2-4-8(9(6)7)11(12)13;1-4-5(2)3;/h3-7,11H,2H2,1H3;2*2-5,10H,1H3;1H;1H/b10-6+;;;;. The van der Waals surface area contributed by atoms with Gasteiger partial charge in [0, 0.05) is 60.4 Å². The van der Waals surface area contributed by atoms with E-state index in [4.69, 9.17) is 14.7 Å². The van der Waals surface area contributed by atoms with Crippen molar-refractivity contribution in [2.24, 2.45) is 5.10 Å². The first-order chi connectivity index (χ1) is 21.4. The predicted molar refractivity (Wildman–Crippen MR) is 168 cm³/mol. The van der Waals surface area contributed by atoms with Crippen LogP contribution < -0.4 is 10.3 Å². The molecule has 5 aromatic rings. The van der Waals surface area contributed by atoms with Crippen LogP contribution in [-0.4, -0.2) is 36.2 Å². The highest BCUT2D eigenvalue weighted by Gasteiger charge is 2.13. The lowest BCUT2D eigenvalue weighted by Crippen LogP contribution is -1.91. The van der Waals surface area contributed by atoms with Crippen LogP contribution in [-0.2, 0) is 9.24 Å². The number of hydrogen-bond donors (Lipinski definition) is 4. The van der Waals surface area contributed by atoms with Gasteiger partial charge in [0.25, 0.3) is 17.1 Å². The highest BCUT2D eigenvalue weighted by Crippen LogP contribution is 2.27. The van der Waals surface area contributed by atoms with Crippen LogP contribution in [0.4, 0.5) is 22.7 Å². The smallest absolute Gasteiger partial charge is 0.521 e. The second kappa shape index (κ2) is 17.5. The fourth-order valence-electron chi connectivity index (χ4n) is 3.76. The molecule has 18 heteroatoms. The maximum atomic E-state index is 10.7. The lowest BCUT2D eigenvalue weighted by atomic mass is 10.1. The van der Waals surface area contributed by atoms with E-state index in [0.29, 0.717) is 11.1 Å². The first-order valence-corrected chi connectivity index (χ1v) is 13.9. The monoisotopic (exact) mass is 643 g/mol. The average molecular weight is 644 g/mol. The Morgan fingerprint density at radius 1 is 0.911 bits per heavy atom. The Bertz CT molecular complexity index is 1830. The second-order valence-corrected chi connectivity index (χ2v) is 9.44. The number of H-pyrrole nitrogens is 2. The number of nitrogens with one attached hydrogen (secondary N) is 3. The van der Waals surface area contributed by atoms with Gasteiger partial charge in [-0.2, -0.15) is 5.10 Å². The van der Waals surface area contributed by atoms with Crippen molar-refractivity contribution in [1.82, 2.24) is 9.97 Å². The zero-order chi connectivity index (χ0) is 33.5. The molecular weight excluding hydrogens is 613 g/mol. The summed E-state index contributed by atoms with van der Waals surface area (Å²) in [6, 6.07) is 16.1. The third-order valence-electron chi connectivity index (χ3n) is 5.75. The van der Waals surface area contributed by atoms with Crippen molar-refractivity contribution >= 4 is 59.0 Å². The van der Waals surface area contributed by atoms with Crippen LogP contribution in [0.5, 0.6) is 0 Å². The number of rotatable bonds is 7. The first-order valence-electron chi connectivity index (χ1n) is 12.8. The van der Waals surface area contributed by atoms with Crippen LogP contribution in [0, 0.1) is 44.2 Å². The van der Waals surface area contributed by atoms with Crippen molar-refractivity contribution in [3.63, 3.8) is 0 Å². The molecule has 0 aliphatic heterocycles. The van der Waals surface area contributed by atoms with Crippen LogP contribution in [0.15, 0.2) is 78.2 Å². The molecule has 0 aliphatic carbocycles. The van der Waals surface area contributed by atoms with Gasteiger partial charge in [0.05, 0.1) is 36.9 Å². The number of fused-ring (bicyclic) bond motifs is 2. The van der Waals surface area contributed by atoms with Gasteiger partial charge in [0.1, 0.15) is 0 Å². The highest BCUT2D eigenvalue weighted by molar-refractivity contribution is 7.30. The minimum Gasteiger partial charge on any atom is -0.565 e. The van der Waals surface area contributed by atoms with Gasteiger partial charge in [-0.15, -0.1) is 0 Å². The van der Waals surface area contributed by atoms with Crippen molar-refractivity contribution in [2.45, 2.75) is 27.2 Å². The Morgan fingerprint density at radius 3 is 2.11 bits per heavy atom. The van der Waals surface area contributed by atoms with E-state index in [1.807, 2.05) is 33.0 Å². The largest absolute Gasteiger partial charge is 0.565 e. The molecule has 0 spiro atoms. The molecule has 238 valence electrons. The minimum absolute atomic E-state index is 0. The van der Waals surface area contributed by atoms with E-state index >= 15 is 0 Å². The predicted octanol–water partition coefficient (Wildman–Crippen LogP) is 6.91. The van der Waals surface area contributed by atoms with Gasteiger partial charge >= 0.3 is 8.25 Å². The summed E-state index contributed by atoms with van der Waals surface area (Å²) in [4.78, 5) is 45.2. The Balaban J connectivity index is 0.000000318. The number of nitrogens with zero attached hydrogens (tertiary/aromatic N) is 4. The molecule has 0 saturated carbocycles. The molecule has 0 fully saturated rings. The summed E-state index contributed by atoms with van der Waals surface area (Å²) in [5.74, 6) is 0. The van der Waals surface area contributed by atoms with Crippen molar-refractivity contribution in [1.29, 1.82) is 0 Å². The molecule has 0 radical (unpaired) electrons. The quantitative estimate of drug-likeness (QED) is 0.0465. The summed E-state index contributed by atoms with van der Waals surface area (Å²) < 4.78 is 11.6. The average Bonchev–Trinajstić information content (AvgIpc) is 3.60. The van der Waals surface area contributed by atoms with E-state index < -0.39 is 18.1 Å². The fraction of sp³-hybridized carbons (Fsp3) is 0.148. The molecule has 1 unspecified atom stereocenters. The highest BCUT2D eigenvalue weighted by atomic mass is 31.1. The summed E-state index contributed by atoms with van der Waals surface area (Å²) in [7, 11) is -3.04. The molecule has 3 aromatic carbocycles. The topological polar surface area (TPSA) is 255 Å². The van der Waals surface area contributed by atoms with E-state index in [-0.39, 0.29) is 23.4 Å². The molecule has 0 saturated heterocycles. The third kappa shape index (κ3) is 10.9. The van der Waals surface area contributed by atoms with Crippen molar-refractivity contribution < 1.29 is 35.6 Å². The van der Waals surface area contributed by atoms with Crippen LogP contribution in [0.1, 0.15) is 25.9 Å². The number of anilines is 1. The van der Waals surface area contributed by atoms with Crippen molar-refractivity contribution in [3.05, 3.63) is 115 Å². The first kappa shape index (κ1) is 35.6. The Morgan fingerprint density at radius 2 is 1.51 bits per heavy atom. The molecule has 2 heterocycles. The van der Waals surface area contributed by atoms with Crippen molar-refractivity contribution in [2.75, 3.05) is 5.43 Å². The Hall–Kier alpha value is -5.61. The molecule has 0 aliphatic rings. The zero-order valence-corrected chi connectivity index (χ0v) is 25.0. The normalized spacial score (nSPS) is 10.6. The summed E-state index contributed by atoms with van der Waals surface area (Å²) in [5, 5.41) is 44.2. The SMILES string of the molecule is CC/C=N/Nc1cccc([N+](=O)[O-])c1.Cc1c[nH]c2cc([N+](=O)[O-])ccc12.Cc1c[nH]c2cccc([N+](=O)[O-])c12.O=[P+]([O-])OO.[HH]. The Labute approximate surface area is 257 Å². The van der Waals surface area contributed by atoms with Crippen LogP contribution in [0.3, 0.4) is 0 Å². The number of hydrogen-bond acceptors (Lipinski definition) is 12. The molecule has 0 amide bonds. The number of benzene rings is 3. The molecule has 2 aromatic heterocycles. The molecule has 17 nitrogen and oxygen atoms in total. The molecule has 0 bridgehead atoms. The lowest BCUT2D eigenvalue weighted by Gasteiger charge is -1.98. The van der Waals surface area contributed by atoms with Gasteiger partial charge < -0.3 is 14.9 Å². The lowest BCUT2D eigenvalue weighted by molar-refractivity contribution is -0.384. The number of aromatic amines is 2. The number of hydrazone groups is 1. The third-order valence-corrected chi connectivity index (χ3v) is 5.89. The maximum Gasteiger partial charge on any atom is 0.521 e.